The summed E-state index contributed by atoms with van der Waals surface area (Å²) in [5.74, 6) is 0. The van der Waals surface area contributed by atoms with E-state index in [2.05, 4.69) is 0 Å². The molecule has 12 heteroatoms. The molecule has 0 aromatic carbocycles. The minimum Gasteiger partial charge on any atom is -1.00 e. The molecule has 0 radical (unpaired) electrons. The fourth-order valence-electron chi connectivity index (χ4n) is 0. The molecular weight excluding hydrogens is 385 g/mol. The van der Waals surface area contributed by atoms with E-state index < -0.39 is 10.4 Å². The van der Waals surface area contributed by atoms with Crippen molar-refractivity contribution in [1.82, 2.24) is 0 Å². The third kappa shape index (κ3) is 188. The van der Waals surface area contributed by atoms with Crippen LogP contribution < -0.4 is 0 Å². The van der Waals surface area contributed by atoms with Crippen LogP contribution in [0.3, 0.4) is 0 Å². The van der Waals surface area contributed by atoms with Gasteiger partial charge in [-0.15, -0.1) is 0 Å². The maximum absolute atomic E-state index is 8.74. The van der Waals surface area contributed by atoms with Gasteiger partial charge >= 0.3 is 97.0 Å². The van der Waals surface area contributed by atoms with Gasteiger partial charge in [0.2, 0.25) is 0 Å². The van der Waals surface area contributed by atoms with E-state index >= 15 is 0 Å². The molecule has 8 nitrogen and oxygen atoms in total. The van der Waals surface area contributed by atoms with Gasteiger partial charge in [0.15, 0.2) is 0 Å². The number of hydrogen-bond donors (Lipinski definition) is 2. The van der Waals surface area contributed by atoms with Gasteiger partial charge in [-0.25, -0.2) is 0 Å². The zero-order valence-electron chi connectivity index (χ0n) is 10.0. The molecule has 0 fully saturated rings. The van der Waals surface area contributed by atoms with Gasteiger partial charge in [0.1, 0.15) is 0 Å². The first-order valence-electron chi connectivity index (χ1n) is 0.698. The molecule has 0 unspecified atom stereocenters. The third-order valence-electron chi connectivity index (χ3n) is 0. The summed E-state index contributed by atoms with van der Waals surface area (Å²) in [6.45, 7) is 0. The largest absolute Gasteiger partial charge is 2.00 e. The van der Waals surface area contributed by atoms with E-state index in [9.17, 15) is 0 Å². The molecule has 0 aliphatic heterocycles. The van der Waals surface area contributed by atoms with Gasteiger partial charge in [0.25, 0.3) is 0 Å². The van der Waals surface area contributed by atoms with Crippen LogP contribution in [-0.2, 0) is 32.1 Å². The molecule has 0 saturated heterocycles. The average molecular weight is 399 g/mol. The Bertz CT molecular complexity index is 115. The zero-order chi connectivity index (χ0) is 4.50. The van der Waals surface area contributed by atoms with Gasteiger partial charge < -0.3 is 27.6 Å². The summed E-state index contributed by atoms with van der Waals surface area (Å²) in [6.07, 6.45) is 0. The van der Waals surface area contributed by atoms with E-state index in [4.69, 9.17) is 17.5 Å². The van der Waals surface area contributed by atoms with Crippen molar-refractivity contribution < 1.29 is 66.9 Å². The quantitative estimate of drug-likeness (QED) is 0.307. The van der Waals surface area contributed by atoms with E-state index in [0.717, 1.165) is 0 Å². The molecule has 0 aliphatic carbocycles. The van der Waals surface area contributed by atoms with Crippen LogP contribution in [0.1, 0.15) is 5.71 Å². The minimum absolute atomic E-state index is 0. The number of hydrogen-bond acceptors (Lipinski definition) is 2. The Hall–Kier alpha value is 3.26. The Labute approximate surface area is 161 Å². The van der Waals surface area contributed by atoms with E-state index in [1.807, 2.05) is 0 Å². The Morgan fingerprint density at radius 3 is 0.917 bits per heavy atom. The molecule has 0 aliphatic rings. The van der Waals surface area contributed by atoms with Gasteiger partial charge in [0, 0.05) is 21.7 Å². The Morgan fingerprint density at radius 2 is 0.917 bits per heavy atom. The van der Waals surface area contributed by atoms with Crippen LogP contribution in [0.4, 0.5) is 0 Å². The van der Waals surface area contributed by atoms with E-state index in [1.165, 1.54) is 0 Å². The SMILES string of the molecule is O.O.O.O.O=S(=O)(O)O.[Ba+2].[Ca+2].[H-].[H-].[H-].[H-].[Ti]. The fourth-order valence-corrected chi connectivity index (χ4v) is 0. The molecule has 76 valence electrons. The van der Waals surface area contributed by atoms with Crippen LogP contribution >= 0.6 is 0 Å². The molecule has 0 atom stereocenters. The molecule has 12 heavy (non-hydrogen) atoms. The van der Waals surface area contributed by atoms with Gasteiger partial charge in [-0.2, -0.15) is 8.42 Å². The second kappa shape index (κ2) is 29.2. The molecule has 0 aromatic heterocycles. The molecule has 0 rings (SSSR count). The molecular formula is H14BaCaO8STi. The summed E-state index contributed by atoms with van der Waals surface area (Å²) in [5.41, 5.74) is 0. The van der Waals surface area contributed by atoms with Gasteiger partial charge in [-0.1, -0.05) is 0 Å². The van der Waals surface area contributed by atoms with Gasteiger partial charge in [0.05, 0.1) is 0 Å². The van der Waals surface area contributed by atoms with Crippen molar-refractivity contribution >= 4 is 97.0 Å². The summed E-state index contributed by atoms with van der Waals surface area (Å²) < 4.78 is 31.6. The molecule has 0 spiro atoms. The van der Waals surface area contributed by atoms with Crippen LogP contribution in [0, 0.1) is 0 Å². The maximum Gasteiger partial charge on any atom is 2.00 e. The summed E-state index contributed by atoms with van der Waals surface area (Å²) >= 11 is 0. The monoisotopic (exact) mass is 400 g/mol. The predicted octanol–water partition coefficient (Wildman–Crippen LogP) is -4.27. The zero-order valence-corrected chi connectivity index (χ0v) is 15.1. The van der Waals surface area contributed by atoms with E-state index in [0.29, 0.717) is 0 Å². The third-order valence-corrected chi connectivity index (χ3v) is 0. The Morgan fingerprint density at radius 1 is 0.917 bits per heavy atom. The van der Waals surface area contributed by atoms with Gasteiger partial charge in [-0.05, 0) is 0 Å². The van der Waals surface area contributed by atoms with Crippen molar-refractivity contribution in [1.29, 1.82) is 0 Å². The van der Waals surface area contributed by atoms with E-state index in [1.54, 1.807) is 0 Å². The fraction of sp³-hybridized carbons (Fsp3) is 0. The average Bonchev–Trinajstić information content (AvgIpc) is 0.722. The maximum atomic E-state index is 8.74. The smallest absolute Gasteiger partial charge is 1.00 e. The van der Waals surface area contributed by atoms with E-state index in [-0.39, 0.29) is 136 Å². The summed E-state index contributed by atoms with van der Waals surface area (Å²) in [6, 6.07) is 0. The molecule has 0 aromatic rings. The second-order valence-corrected chi connectivity index (χ2v) is 1.34. The Balaban J connectivity index is -0.00000000145. The first kappa shape index (κ1) is 58.9. The van der Waals surface area contributed by atoms with Crippen LogP contribution in [0.25, 0.3) is 0 Å². The first-order chi connectivity index (χ1) is 2.00. The molecule has 0 bridgehead atoms. The second-order valence-electron chi connectivity index (χ2n) is 0.448. The molecule has 0 heterocycles. The number of rotatable bonds is 0. The minimum atomic E-state index is -4.67. The predicted molar refractivity (Wildman–Crippen MR) is 44.6 cm³/mol. The van der Waals surface area contributed by atoms with Crippen molar-refractivity contribution in [2.75, 3.05) is 0 Å². The first-order valence-corrected chi connectivity index (χ1v) is 2.10. The van der Waals surface area contributed by atoms with Crippen molar-refractivity contribution in [3.8, 4) is 0 Å². The Kier molecular flexibility index (Phi) is 143. The van der Waals surface area contributed by atoms with Crippen molar-refractivity contribution in [2.24, 2.45) is 0 Å². The normalized spacial score (nSPS) is 4.83. The summed E-state index contributed by atoms with van der Waals surface area (Å²) in [7, 11) is -4.67. The standard InChI is InChI=1S/Ba.Ca.H2O4S.4H2O.Ti.4H/c;;1-5(2,3)4;;;;;;;;;/h;;(H2,1,2,3,4);4*1H2;;;;;/q2*+2;;;;;;;4*-1. The van der Waals surface area contributed by atoms with Crippen molar-refractivity contribution in [3.63, 3.8) is 0 Å². The molecule has 0 saturated carbocycles. The molecule has 0 amide bonds. The van der Waals surface area contributed by atoms with Crippen molar-refractivity contribution in [3.05, 3.63) is 0 Å². The van der Waals surface area contributed by atoms with Crippen LogP contribution in [0.5, 0.6) is 0 Å². The van der Waals surface area contributed by atoms with Crippen molar-refractivity contribution in [2.45, 2.75) is 0 Å². The van der Waals surface area contributed by atoms with Crippen LogP contribution in [0.15, 0.2) is 0 Å². The molecule has 10 N–H and O–H groups in total. The summed E-state index contributed by atoms with van der Waals surface area (Å²) in [4.78, 5) is 0. The van der Waals surface area contributed by atoms with Gasteiger partial charge in [-0.3, -0.25) is 9.11 Å². The summed E-state index contributed by atoms with van der Waals surface area (Å²) in [5, 5.41) is 0. The van der Waals surface area contributed by atoms with Crippen LogP contribution in [-0.4, -0.2) is 126 Å². The van der Waals surface area contributed by atoms with Crippen LogP contribution in [0.2, 0.25) is 0 Å². The topological polar surface area (TPSA) is 201 Å².